The van der Waals surface area contributed by atoms with E-state index < -0.39 is 62.8 Å². The number of nitrogens with zero attached hydrogens (tertiary/aromatic N) is 1. The minimum Gasteiger partial charge on any atom is -0.508 e. The van der Waals surface area contributed by atoms with Crippen molar-refractivity contribution in [1.82, 2.24) is 20.3 Å². The number of nitrogens with one attached hydrogen (secondary N) is 3. The summed E-state index contributed by atoms with van der Waals surface area (Å²) in [5.41, 5.74) is 6.89. The molecule has 13 nitrogen and oxygen atoms in total. The normalized spacial score (nSPS) is 16.5. The lowest BCUT2D eigenvalue weighted by atomic mass is 10.0. The van der Waals surface area contributed by atoms with Crippen molar-refractivity contribution >= 4 is 33.8 Å². The van der Waals surface area contributed by atoms with Crippen LogP contribution >= 0.6 is 0 Å². The Kier molecular flexibility index (Phi) is 12.6. The quantitative estimate of drug-likeness (QED) is 0.168. The van der Waals surface area contributed by atoms with Gasteiger partial charge in [-0.05, 0) is 62.4 Å². The number of carbonyl (C=O) groups is 4. The zero-order valence-corrected chi connectivity index (χ0v) is 29.2. The first kappa shape index (κ1) is 37.9. The van der Waals surface area contributed by atoms with Gasteiger partial charge in [0.15, 0.2) is 0 Å². The molecule has 0 radical (unpaired) electrons. The zero-order valence-electron chi connectivity index (χ0n) is 28.4. The second kappa shape index (κ2) is 16.6. The monoisotopic (exact) mass is 707 g/mol. The van der Waals surface area contributed by atoms with E-state index >= 15 is 0 Å². The largest absolute Gasteiger partial charge is 0.508 e. The van der Waals surface area contributed by atoms with Gasteiger partial charge in [0.1, 0.15) is 29.5 Å². The minimum atomic E-state index is -4.20. The highest BCUT2D eigenvalue weighted by Gasteiger charge is 2.40. The highest BCUT2D eigenvalue weighted by molar-refractivity contribution is 7.90. The molecule has 0 aromatic heterocycles. The first-order chi connectivity index (χ1) is 23.6. The van der Waals surface area contributed by atoms with Gasteiger partial charge in [0.2, 0.25) is 27.7 Å². The van der Waals surface area contributed by atoms with E-state index in [0.29, 0.717) is 11.1 Å². The van der Waals surface area contributed by atoms with Crippen molar-refractivity contribution in [3.8, 4) is 5.75 Å². The summed E-state index contributed by atoms with van der Waals surface area (Å²) in [6.07, 6.45) is -0.553. The highest BCUT2D eigenvalue weighted by atomic mass is 32.2. The third kappa shape index (κ3) is 11.3. The van der Waals surface area contributed by atoms with E-state index in [-0.39, 0.29) is 44.5 Å². The molecule has 0 unspecified atom stereocenters. The SMILES string of the molecule is CC(C)(C)OC(=O)N[C@@H](Cc1ccc(O)cc1)C(=O)N1CC[C@@H](S(=O)(=O)N[C@@H](Cc2ccccc2)C(=O)N[C@@H](Cc2ccccc2)C(N)=O)C1. The average Bonchev–Trinajstić information content (AvgIpc) is 3.56. The van der Waals surface area contributed by atoms with Crippen LogP contribution in [-0.4, -0.2) is 84.3 Å². The van der Waals surface area contributed by atoms with Crippen molar-refractivity contribution < 1.29 is 37.4 Å². The number of aromatic hydroxyl groups is 1. The van der Waals surface area contributed by atoms with Crippen LogP contribution in [0.15, 0.2) is 84.9 Å². The molecule has 1 fully saturated rings. The Labute approximate surface area is 292 Å². The average molecular weight is 708 g/mol. The molecular formula is C36H45N5O8S. The maximum absolute atomic E-state index is 13.8. The predicted octanol–water partition coefficient (Wildman–Crippen LogP) is 2.17. The number of amides is 4. The number of benzene rings is 3. The number of alkyl carbamates (subject to hydrolysis) is 1. The Morgan fingerprint density at radius 3 is 1.88 bits per heavy atom. The molecule has 6 N–H and O–H groups in total. The summed E-state index contributed by atoms with van der Waals surface area (Å²) >= 11 is 0. The number of hydrogen-bond acceptors (Lipinski definition) is 8. The third-order valence-corrected chi connectivity index (χ3v) is 9.98. The lowest BCUT2D eigenvalue weighted by Crippen LogP contribution is -2.55. The molecule has 4 amide bonds. The Balaban J connectivity index is 1.50. The lowest BCUT2D eigenvalue weighted by molar-refractivity contribution is -0.132. The predicted molar refractivity (Wildman–Crippen MR) is 187 cm³/mol. The van der Waals surface area contributed by atoms with Gasteiger partial charge in [-0.15, -0.1) is 0 Å². The van der Waals surface area contributed by atoms with Crippen LogP contribution in [0, 0.1) is 0 Å². The lowest BCUT2D eigenvalue weighted by Gasteiger charge is -2.27. The molecular weight excluding hydrogens is 662 g/mol. The fourth-order valence-corrected chi connectivity index (χ4v) is 7.17. The number of primary amides is 1. The molecule has 1 aliphatic rings. The van der Waals surface area contributed by atoms with Crippen LogP contribution in [-0.2, 0) is 48.4 Å². The van der Waals surface area contributed by atoms with Crippen LogP contribution in [0.5, 0.6) is 5.75 Å². The van der Waals surface area contributed by atoms with Gasteiger partial charge < -0.3 is 31.1 Å². The molecule has 14 heteroatoms. The number of hydrogen-bond donors (Lipinski definition) is 5. The Morgan fingerprint density at radius 2 is 1.34 bits per heavy atom. The summed E-state index contributed by atoms with van der Waals surface area (Å²) in [6.45, 7) is 4.97. The van der Waals surface area contributed by atoms with E-state index in [2.05, 4.69) is 15.4 Å². The summed E-state index contributed by atoms with van der Waals surface area (Å²) in [6, 6.07) is 20.5. The molecule has 268 valence electrons. The van der Waals surface area contributed by atoms with Crippen LogP contribution < -0.4 is 21.1 Å². The summed E-state index contributed by atoms with van der Waals surface area (Å²) < 4.78 is 35.5. The van der Waals surface area contributed by atoms with E-state index in [9.17, 15) is 32.7 Å². The third-order valence-electron chi connectivity index (χ3n) is 8.11. The van der Waals surface area contributed by atoms with Gasteiger partial charge in [-0.25, -0.2) is 17.9 Å². The van der Waals surface area contributed by atoms with Crippen LogP contribution in [0.2, 0.25) is 0 Å². The van der Waals surface area contributed by atoms with E-state index in [1.165, 1.54) is 17.0 Å². The molecule has 0 saturated carbocycles. The highest BCUT2D eigenvalue weighted by Crippen LogP contribution is 2.21. The number of phenolic OH excluding ortho intramolecular Hbond substituents is 1. The van der Waals surface area contributed by atoms with Crippen molar-refractivity contribution in [1.29, 1.82) is 0 Å². The first-order valence-corrected chi connectivity index (χ1v) is 17.9. The van der Waals surface area contributed by atoms with E-state index in [1.807, 2.05) is 6.07 Å². The number of ether oxygens (including phenoxy) is 1. The molecule has 1 aliphatic heterocycles. The Hall–Kier alpha value is -4.95. The molecule has 1 saturated heterocycles. The molecule has 4 rings (SSSR count). The Bertz CT molecular complexity index is 1730. The summed E-state index contributed by atoms with van der Waals surface area (Å²) in [5.74, 6) is -1.96. The van der Waals surface area contributed by atoms with Gasteiger partial charge in [-0.2, -0.15) is 0 Å². The molecule has 50 heavy (non-hydrogen) atoms. The van der Waals surface area contributed by atoms with Crippen LogP contribution in [0.1, 0.15) is 43.9 Å². The number of nitrogens with two attached hydrogens (primary N) is 1. The number of likely N-dealkylation sites (tertiary alicyclic amines) is 1. The molecule has 1 heterocycles. The fraction of sp³-hybridized carbons (Fsp3) is 0.389. The van der Waals surface area contributed by atoms with Crippen molar-refractivity contribution in [2.75, 3.05) is 13.1 Å². The van der Waals surface area contributed by atoms with Crippen molar-refractivity contribution in [3.05, 3.63) is 102 Å². The smallest absolute Gasteiger partial charge is 0.408 e. The molecule has 3 aromatic carbocycles. The first-order valence-electron chi connectivity index (χ1n) is 16.3. The Morgan fingerprint density at radius 1 is 0.820 bits per heavy atom. The van der Waals surface area contributed by atoms with Gasteiger partial charge >= 0.3 is 6.09 Å². The fourth-order valence-electron chi connectivity index (χ4n) is 5.60. The van der Waals surface area contributed by atoms with E-state index in [1.54, 1.807) is 87.5 Å². The molecule has 3 aromatic rings. The summed E-state index contributed by atoms with van der Waals surface area (Å²) in [5, 5.41) is 13.9. The number of carbonyl (C=O) groups excluding carboxylic acids is 4. The molecule has 0 aliphatic carbocycles. The van der Waals surface area contributed by atoms with Crippen molar-refractivity contribution in [3.63, 3.8) is 0 Å². The number of rotatable bonds is 14. The second-order valence-electron chi connectivity index (χ2n) is 13.3. The van der Waals surface area contributed by atoms with Gasteiger partial charge in [0.05, 0.1) is 5.25 Å². The van der Waals surface area contributed by atoms with E-state index in [4.69, 9.17) is 10.5 Å². The van der Waals surface area contributed by atoms with Crippen LogP contribution in [0.3, 0.4) is 0 Å². The number of phenols is 1. The van der Waals surface area contributed by atoms with Gasteiger partial charge in [-0.3, -0.25) is 14.4 Å². The molecule has 0 bridgehead atoms. The summed E-state index contributed by atoms with van der Waals surface area (Å²) in [7, 11) is -4.20. The van der Waals surface area contributed by atoms with Gasteiger partial charge in [0.25, 0.3) is 0 Å². The maximum Gasteiger partial charge on any atom is 0.408 e. The van der Waals surface area contributed by atoms with Crippen molar-refractivity contribution in [2.45, 2.75) is 75.4 Å². The number of sulfonamides is 1. The van der Waals surface area contributed by atoms with Crippen LogP contribution in [0.4, 0.5) is 4.79 Å². The standard InChI is InChI=1S/C36H45N5O8S/c1-36(2,3)49-35(46)39-31(22-26-14-16-27(42)17-15-26)34(45)41-19-18-28(23-41)50(47,48)40-30(21-25-12-8-5-9-13-25)33(44)38-29(32(37)43)20-24-10-6-4-7-11-24/h4-17,28-31,40,42H,18-23H2,1-3H3,(H2,37,43)(H,38,44)(H,39,46)/t28-,29+,30+,31+/m1/s1. The van der Waals surface area contributed by atoms with Crippen molar-refractivity contribution in [2.24, 2.45) is 5.73 Å². The molecule has 0 spiro atoms. The second-order valence-corrected chi connectivity index (χ2v) is 15.3. The topological polar surface area (TPSA) is 197 Å². The minimum absolute atomic E-state index is 0.00734. The summed E-state index contributed by atoms with van der Waals surface area (Å²) in [4.78, 5) is 53.8. The molecule has 4 atom stereocenters. The zero-order chi connectivity index (χ0) is 36.5. The van der Waals surface area contributed by atoms with E-state index in [0.717, 1.165) is 5.56 Å². The van der Waals surface area contributed by atoms with Crippen LogP contribution in [0.25, 0.3) is 0 Å². The maximum atomic E-state index is 13.8. The van der Waals surface area contributed by atoms with Gasteiger partial charge in [0, 0.05) is 25.9 Å². The van der Waals surface area contributed by atoms with Gasteiger partial charge in [-0.1, -0.05) is 72.8 Å².